The third-order valence-electron chi connectivity index (χ3n) is 3.79. The zero-order valence-electron chi connectivity index (χ0n) is 10.5. The third kappa shape index (κ3) is 1.73. The summed E-state index contributed by atoms with van der Waals surface area (Å²) in [5, 5.41) is 0. The lowest BCUT2D eigenvalue weighted by Crippen LogP contribution is -2.19. The minimum absolute atomic E-state index is 0.138. The summed E-state index contributed by atoms with van der Waals surface area (Å²) in [5.41, 5.74) is 3.42. The minimum atomic E-state index is -0.138. The molecular formula is C14H15IO3. The van der Waals surface area contributed by atoms with Gasteiger partial charge in [-0.25, -0.2) is 0 Å². The van der Waals surface area contributed by atoms with Gasteiger partial charge in [-0.2, -0.15) is 0 Å². The van der Waals surface area contributed by atoms with Crippen molar-refractivity contribution in [2.75, 3.05) is 11.0 Å². The Labute approximate surface area is 120 Å². The minimum Gasteiger partial charge on any atom is -0.492 e. The van der Waals surface area contributed by atoms with Gasteiger partial charge in [0.05, 0.1) is 13.0 Å². The normalized spacial score (nSPS) is 25.2. The van der Waals surface area contributed by atoms with Crippen LogP contribution < -0.4 is 9.47 Å². The van der Waals surface area contributed by atoms with Gasteiger partial charge in [-0.3, -0.25) is 4.79 Å². The molecule has 3 nitrogen and oxygen atoms in total. The van der Waals surface area contributed by atoms with Crippen molar-refractivity contribution in [3.05, 3.63) is 22.8 Å². The van der Waals surface area contributed by atoms with Crippen LogP contribution in [0.5, 0.6) is 11.5 Å². The molecule has 3 rings (SSSR count). The van der Waals surface area contributed by atoms with Gasteiger partial charge in [0.25, 0.3) is 0 Å². The molecule has 0 amide bonds. The fourth-order valence-electron chi connectivity index (χ4n) is 2.75. The third-order valence-corrected chi connectivity index (χ3v) is 4.85. The molecule has 4 heteroatoms. The summed E-state index contributed by atoms with van der Waals surface area (Å²) in [7, 11) is 0. The molecule has 0 fully saturated rings. The number of alkyl halides is 1. The van der Waals surface area contributed by atoms with Crippen molar-refractivity contribution in [3.63, 3.8) is 0 Å². The van der Waals surface area contributed by atoms with E-state index >= 15 is 0 Å². The highest BCUT2D eigenvalue weighted by Crippen LogP contribution is 2.47. The van der Waals surface area contributed by atoms with E-state index in [2.05, 4.69) is 35.6 Å². The molecule has 2 aliphatic heterocycles. The van der Waals surface area contributed by atoms with Crippen LogP contribution in [0.2, 0.25) is 0 Å². The SMILES string of the molecule is Cc1c2c(cc3c1OCC3CI)C(C)CC(=O)O2. The number of esters is 1. The predicted molar refractivity (Wildman–Crippen MR) is 77.0 cm³/mol. The van der Waals surface area contributed by atoms with Gasteiger partial charge in [0, 0.05) is 21.5 Å². The first-order chi connectivity index (χ1) is 8.61. The van der Waals surface area contributed by atoms with Crippen LogP contribution in [0.3, 0.4) is 0 Å². The van der Waals surface area contributed by atoms with Gasteiger partial charge in [-0.05, 0) is 24.5 Å². The summed E-state index contributed by atoms with van der Waals surface area (Å²) >= 11 is 2.40. The molecule has 0 spiro atoms. The molecule has 2 unspecified atom stereocenters. The van der Waals surface area contributed by atoms with Crippen LogP contribution in [-0.4, -0.2) is 17.0 Å². The van der Waals surface area contributed by atoms with Crippen molar-refractivity contribution >= 4 is 28.6 Å². The molecule has 0 saturated carbocycles. The molecular weight excluding hydrogens is 343 g/mol. The van der Waals surface area contributed by atoms with Crippen LogP contribution in [0, 0.1) is 6.92 Å². The molecule has 1 aromatic carbocycles. The second-order valence-electron chi connectivity index (χ2n) is 5.08. The van der Waals surface area contributed by atoms with Crippen LogP contribution in [0.4, 0.5) is 0 Å². The Morgan fingerprint density at radius 3 is 2.89 bits per heavy atom. The number of carbonyl (C=O) groups excluding carboxylic acids is 1. The van der Waals surface area contributed by atoms with Crippen molar-refractivity contribution < 1.29 is 14.3 Å². The lowest BCUT2D eigenvalue weighted by atomic mass is 9.88. The molecule has 2 atom stereocenters. The first-order valence-corrected chi connectivity index (χ1v) is 7.71. The van der Waals surface area contributed by atoms with Gasteiger partial charge < -0.3 is 9.47 Å². The molecule has 2 heterocycles. The first kappa shape index (κ1) is 12.3. The van der Waals surface area contributed by atoms with Crippen LogP contribution >= 0.6 is 22.6 Å². The van der Waals surface area contributed by atoms with E-state index in [1.165, 1.54) is 5.56 Å². The Hall–Kier alpha value is -0.780. The van der Waals surface area contributed by atoms with E-state index < -0.39 is 0 Å². The molecule has 0 radical (unpaired) electrons. The summed E-state index contributed by atoms with van der Waals surface area (Å²) in [6.45, 7) is 4.81. The van der Waals surface area contributed by atoms with Gasteiger partial charge in [0.15, 0.2) is 0 Å². The van der Waals surface area contributed by atoms with Crippen molar-refractivity contribution in [3.8, 4) is 11.5 Å². The van der Waals surface area contributed by atoms with E-state index in [-0.39, 0.29) is 11.9 Å². The number of benzene rings is 1. The average Bonchev–Trinajstić information content (AvgIpc) is 2.74. The number of hydrogen-bond acceptors (Lipinski definition) is 3. The Kier molecular flexibility index (Phi) is 3.00. The molecule has 0 bridgehead atoms. The highest BCUT2D eigenvalue weighted by atomic mass is 127. The van der Waals surface area contributed by atoms with Gasteiger partial charge in [-0.1, -0.05) is 29.5 Å². The first-order valence-electron chi connectivity index (χ1n) is 6.18. The van der Waals surface area contributed by atoms with Crippen LogP contribution in [0.15, 0.2) is 6.07 Å². The fraction of sp³-hybridized carbons (Fsp3) is 0.500. The smallest absolute Gasteiger partial charge is 0.311 e. The summed E-state index contributed by atoms with van der Waals surface area (Å²) < 4.78 is 12.2. The van der Waals surface area contributed by atoms with E-state index in [0.29, 0.717) is 12.3 Å². The average molecular weight is 358 g/mol. The van der Waals surface area contributed by atoms with E-state index in [4.69, 9.17) is 9.47 Å². The maximum absolute atomic E-state index is 11.5. The largest absolute Gasteiger partial charge is 0.492 e. The van der Waals surface area contributed by atoms with E-state index in [0.717, 1.165) is 33.7 Å². The van der Waals surface area contributed by atoms with Crippen molar-refractivity contribution in [1.29, 1.82) is 0 Å². The number of carbonyl (C=O) groups is 1. The van der Waals surface area contributed by atoms with Crippen molar-refractivity contribution in [1.82, 2.24) is 0 Å². The highest BCUT2D eigenvalue weighted by Gasteiger charge is 2.33. The quantitative estimate of drug-likeness (QED) is 0.334. The van der Waals surface area contributed by atoms with Gasteiger partial charge in [0.2, 0.25) is 0 Å². The fourth-order valence-corrected chi connectivity index (χ4v) is 3.48. The van der Waals surface area contributed by atoms with Crippen molar-refractivity contribution in [2.45, 2.75) is 32.1 Å². The number of rotatable bonds is 1. The summed E-state index contributed by atoms with van der Waals surface area (Å²) in [5.74, 6) is 2.22. The van der Waals surface area contributed by atoms with Crippen LogP contribution in [0.25, 0.3) is 0 Å². The van der Waals surface area contributed by atoms with Crippen LogP contribution in [0.1, 0.15) is 41.9 Å². The lowest BCUT2D eigenvalue weighted by molar-refractivity contribution is -0.135. The van der Waals surface area contributed by atoms with Gasteiger partial charge >= 0.3 is 5.97 Å². The molecule has 2 aliphatic rings. The second-order valence-corrected chi connectivity index (χ2v) is 5.96. The summed E-state index contributed by atoms with van der Waals surface area (Å²) in [6, 6.07) is 2.19. The molecule has 18 heavy (non-hydrogen) atoms. The predicted octanol–water partition coefficient (Wildman–Crippen LogP) is 3.32. The van der Waals surface area contributed by atoms with Gasteiger partial charge in [0.1, 0.15) is 11.5 Å². The van der Waals surface area contributed by atoms with Crippen molar-refractivity contribution in [2.24, 2.45) is 0 Å². The summed E-state index contributed by atoms with van der Waals surface area (Å²) in [6.07, 6.45) is 0.473. The molecule has 1 aromatic rings. The maximum atomic E-state index is 11.5. The Bertz CT molecular complexity index is 524. The zero-order valence-corrected chi connectivity index (χ0v) is 12.6. The van der Waals surface area contributed by atoms with E-state index in [1.807, 2.05) is 6.92 Å². The molecule has 0 saturated heterocycles. The zero-order chi connectivity index (χ0) is 12.9. The van der Waals surface area contributed by atoms with Gasteiger partial charge in [-0.15, -0.1) is 0 Å². The maximum Gasteiger partial charge on any atom is 0.311 e. The monoisotopic (exact) mass is 358 g/mol. The Morgan fingerprint density at radius 1 is 1.39 bits per heavy atom. The lowest BCUT2D eigenvalue weighted by Gasteiger charge is -2.24. The topological polar surface area (TPSA) is 35.5 Å². The number of halogens is 1. The summed E-state index contributed by atoms with van der Waals surface area (Å²) in [4.78, 5) is 11.5. The molecule has 0 N–H and O–H groups in total. The van der Waals surface area contributed by atoms with E-state index in [1.54, 1.807) is 0 Å². The Morgan fingerprint density at radius 2 is 2.17 bits per heavy atom. The number of hydrogen-bond donors (Lipinski definition) is 0. The molecule has 0 aliphatic carbocycles. The second kappa shape index (κ2) is 4.40. The molecule has 0 aromatic heterocycles. The van der Waals surface area contributed by atoms with E-state index in [9.17, 15) is 4.79 Å². The number of fused-ring (bicyclic) bond motifs is 2. The van der Waals surface area contributed by atoms with Crippen LogP contribution in [-0.2, 0) is 4.79 Å². The Balaban J connectivity index is 2.17. The highest BCUT2D eigenvalue weighted by molar-refractivity contribution is 14.1. The molecule has 96 valence electrons. The number of ether oxygens (including phenoxy) is 2. The standard InChI is InChI=1S/C14H15IO3/c1-7-3-12(16)18-14-8(2)13-11(4-10(7)14)9(5-15)6-17-13/h4,7,9H,3,5-6H2,1-2H3.